The van der Waals surface area contributed by atoms with Crippen molar-refractivity contribution in [2.45, 2.75) is 19.3 Å². The monoisotopic (exact) mass is 302 g/mol. The normalized spacial score (nSPS) is 13.2. The van der Waals surface area contributed by atoms with Crippen LogP contribution in [0.4, 0.5) is 13.2 Å². The van der Waals surface area contributed by atoms with Crippen LogP contribution < -0.4 is 10.1 Å². The van der Waals surface area contributed by atoms with E-state index >= 15 is 0 Å². The number of nitrogens with one attached hydrogen (secondary N) is 1. The Labute approximate surface area is 118 Å². The standard InChI is InChI=1S/C13H13F3N2OS/c1-2-17-12(10-7-20-8-18-10)9-5-3-4-6-11(9)19-13(14,15)16/h3-8,12,17H,2H2,1H3. The Morgan fingerprint density at radius 3 is 2.70 bits per heavy atom. The van der Waals surface area contributed by atoms with Crippen molar-refractivity contribution >= 4 is 11.3 Å². The molecule has 0 bridgehead atoms. The number of benzene rings is 1. The molecule has 7 heteroatoms. The molecule has 0 saturated carbocycles. The van der Waals surface area contributed by atoms with E-state index in [0.29, 0.717) is 17.8 Å². The third-order valence-electron chi connectivity index (χ3n) is 2.61. The van der Waals surface area contributed by atoms with Crippen LogP contribution in [-0.4, -0.2) is 17.9 Å². The molecule has 0 spiro atoms. The van der Waals surface area contributed by atoms with Gasteiger partial charge in [0.05, 0.1) is 17.2 Å². The quantitative estimate of drug-likeness (QED) is 0.913. The van der Waals surface area contributed by atoms with Gasteiger partial charge in [0, 0.05) is 10.9 Å². The molecule has 2 aromatic rings. The zero-order chi connectivity index (χ0) is 14.6. The summed E-state index contributed by atoms with van der Waals surface area (Å²) in [6.45, 7) is 2.48. The first-order chi connectivity index (χ1) is 9.51. The van der Waals surface area contributed by atoms with Crippen LogP contribution in [-0.2, 0) is 0 Å². The first-order valence-corrected chi connectivity index (χ1v) is 6.91. The fourth-order valence-corrected chi connectivity index (χ4v) is 2.46. The average molecular weight is 302 g/mol. The second-order valence-corrected chi connectivity index (χ2v) is 4.71. The van der Waals surface area contributed by atoms with E-state index in [1.807, 2.05) is 6.92 Å². The number of ether oxygens (including phenoxy) is 1. The Morgan fingerprint density at radius 2 is 2.10 bits per heavy atom. The van der Waals surface area contributed by atoms with E-state index in [1.54, 1.807) is 23.0 Å². The summed E-state index contributed by atoms with van der Waals surface area (Å²) in [4.78, 5) is 4.17. The maximum absolute atomic E-state index is 12.5. The van der Waals surface area contributed by atoms with Crippen LogP contribution in [0.3, 0.4) is 0 Å². The lowest BCUT2D eigenvalue weighted by Gasteiger charge is -2.20. The number of alkyl halides is 3. The van der Waals surface area contributed by atoms with E-state index < -0.39 is 12.4 Å². The van der Waals surface area contributed by atoms with Gasteiger partial charge in [0.2, 0.25) is 0 Å². The molecule has 0 aliphatic rings. The lowest BCUT2D eigenvalue weighted by molar-refractivity contribution is -0.275. The van der Waals surface area contributed by atoms with Gasteiger partial charge in [-0.05, 0) is 12.6 Å². The molecule has 0 amide bonds. The first-order valence-electron chi connectivity index (χ1n) is 5.97. The van der Waals surface area contributed by atoms with Gasteiger partial charge in [-0.25, -0.2) is 4.98 Å². The molecule has 0 saturated heterocycles. The summed E-state index contributed by atoms with van der Waals surface area (Å²) < 4.78 is 41.5. The predicted octanol–water partition coefficient (Wildman–Crippen LogP) is 3.74. The Morgan fingerprint density at radius 1 is 1.35 bits per heavy atom. The highest BCUT2D eigenvalue weighted by Crippen LogP contribution is 2.33. The second-order valence-electron chi connectivity index (χ2n) is 3.99. The Bertz CT molecular complexity index is 543. The molecule has 20 heavy (non-hydrogen) atoms. The van der Waals surface area contributed by atoms with E-state index in [9.17, 15) is 13.2 Å². The number of nitrogens with zero attached hydrogens (tertiary/aromatic N) is 1. The van der Waals surface area contributed by atoms with Gasteiger partial charge in [-0.1, -0.05) is 25.1 Å². The Hall–Kier alpha value is -1.60. The van der Waals surface area contributed by atoms with Crippen molar-refractivity contribution < 1.29 is 17.9 Å². The summed E-state index contributed by atoms with van der Waals surface area (Å²) >= 11 is 1.39. The van der Waals surface area contributed by atoms with Crippen molar-refractivity contribution in [3.8, 4) is 5.75 Å². The number of rotatable bonds is 5. The summed E-state index contributed by atoms with van der Waals surface area (Å²) in [5.74, 6) is -0.209. The topological polar surface area (TPSA) is 34.2 Å². The second kappa shape index (κ2) is 6.23. The lowest BCUT2D eigenvalue weighted by Crippen LogP contribution is -2.25. The number of para-hydroxylation sites is 1. The summed E-state index contributed by atoms with van der Waals surface area (Å²) in [7, 11) is 0. The third-order valence-corrected chi connectivity index (χ3v) is 3.22. The van der Waals surface area contributed by atoms with Gasteiger partial charge in [0.1, 0.15) is 5.75 Å². The Kier molecular flexibility index (Phi) is 4.61. The predicted molar refractivity (Wildman–Crippen MR) is 70.8 cm³/mol. The molecule has 0 aliphatic heterocycles. The lowest BCUT2D eigenvalue weighted by atomic mass is 10.0. The molecule has 108 valence electrons. The Balaban J connectivity index is 2.38. The van der Waals surface area contributed by atoms with Crippen LogP contribution in [0, 0.1) is 0 Å². The highest BCUT2D eigenvalue weighted by atomic mass is 32.1. The minimum absolute atomic E-state index is 0.209. The maximum atomic E-state index is 12.5. The van der Waals surface area contributed by atoms with Crippen molar-refractivity contribution in [1.82, 2.24) is 10.3 Å². The fraction of sp³-hybridized carbons (Fsp3) is 0.308. The molecule has 2 rings (SSSR count). The minimum Gasteiger partial charge on any atom is -0.405 e. The van der Waals surface area contributed by atoms with Crippen molar-refractivity contribution in [2.75, 3.05) is 6.54 Å². The van der Waals surface area contributed by atoms with Gasteiger partial charge < -0.3 is 10.1 Å². The number of halogens is 3. The molecule has 3 nitrogen and oxygen atoms in total. The van der Waals surface area contributed by atoms with E-state index in [0.717, 1.165) is 0 Å². The molecule has 1 aromatic heterocycles. The smallest absolute Gasteiger partial charge is 0.405 e. The third kappa shape index (κ3) is 3.71. The van der Waals surface area contributed by atoms with Crippen molar-refractivity contribution in [3.63, 3.8) is 0 Å². The van der Waals surface area contributed by atoms with Gasteiger partial charge >= 0.3 is 6.36 Å². The van der Waals surface area contributed by atoms with Gasteiger partial charge in [-0.3, -0.25) is 0 Å². The summed E-state index contributed by atoms with van der Waals surface area (Å²) in [5, 5.41) is 4.93. The minimum atomic E-state index is -4.71. The van der Waals surface area contributed by atoms with Crippen LogP contribution in [0.5, 0.6) is 5.75 Å². The van der Waals surface area contributed by atoms with E-state index in [-0.39, 0.29) is 5.75 Å². The molecule has 0 fully saturated rings. The highest BCUT2D eigenvalue weighted by Gasteiger charge is 2.33. The molecule has 0 aliphatic carbocycles. The van der Waals surface area contributed by atoms with E-state index in [1.165, 1.54) is 23.5 Å². The molecular formula is C13H13F3N2OS. The number of hydrogen-bond acceptors (Lipinski definition) is 4. The summed E-state index contributed by atoms with van der Waals surface area (Å²) in [6, 6.07) is 5.67. The van der Waals surface area contributed by atoms with Crippen molar-refractivity contribution in [2.24, 2.45) is 0 Å². The van der Waals surface area contributed by atoms with Crippen molar-refractivity contribution in [1.29, 1.82) is 0 Å². The molecule has 1 unspecified atom stereocenters. The molecule has 1 aromatic carbocycles. The van der Waals surface area contributed by atoms with Gasteiger partial charge in [0.15, 0.2) is 0 Å². The van der Waals surface area contributed by atoms with Crippen molar-refractivity contribution in [3.05, 3.63) is 46.4 Å². The molecule has 1 N–H and O–H groups in total. The number of aromatic nitrogens is 1. The zero-order valence-electron chi connectivity index (χ0n) is 10.6. The molecule has 1 atom stereocenters. The van der Waals surface area contributed by atoms with Crippen LogP contribution in [0.25, 0.3) is 0 Å². The van der Waals surface area contributed by atoms with E-state index in [4.69, 9.17) is 0 Å². The van der Waals surface area contributed by atoms with Crippen LogP contribution >= 0.6 is 11.3 Å². The van der Waals surface area contributed by atoms with E-state index in [2.05, 4.69) is 15.0 Å². The van der Waals surface area contributed by atoms with Crippen LogP contribution in [0.1, 0.15) is 24.2 Å². The zero-order valence-corrected chi connectivity index (χ0v) is 11.5. The first kappa shape index (κ1) is 14.8. The van der Waals surface area contributed by atoms with Gasteiger partial charge in [-0.2, -0.15) is 0 Å². The van der Waals surface area contributed by atoms with Crippen LogP contribution in [0.15, 0.2) is 35.2 Å². The molecule has 1 heterocycles. The maximum Gasteiger partial charge on any atom is 0.573 e. The number of thiazole rings is 1. The van der Waals surface area contributed by atoms with Crippen LogP contribution in [0.2, 0.25) is 0 Å². The average Bonchev–Trinajstić information content (AvgIpc) is 2.89. The number of hydrogen-bond donors (Lipinski definition) is 1. The fourth-order valence-electron chi connectivity index (χ4n) is 1.88. The SMILES string of the molecule is CCNC(c1cscn1)c1ccccc1OC(F)(F)F. The highest BCUT2D eigenvalue weighted by molar-refractivity contribution is 7.07. The molecule has 0 radical (unpaired) electrons. The summed E-state index contributed by atoms with van der Waals surface area (Å²) in [6.07, 6.45) is -4.71. The largest absolute Gasteiger partial charge is 0.573 e. The van der Waals surface area contributed by atoms with Gasteiger partial charge in [-0.15, -0.1) is 24.5 Å². The molecular weight excluding hydrogens is 289 g/mol. The summed E-state index contributed by atoms with van der Waals surface area (Å²) in [5.41, 5.74) is 2.74. The van der Waals surface area contributed by atoms with Gasteiger partial charge in [0.25, 0.3) is 0 Å².